The number of hydrogen-bond acceptors (Lipinski definition) is 6. The first-order valence-electron chi connectivity index (χ1n) is 6.65. The number of sulfonamides is 1. The van der Waals surface area contributed by atoms with Crippen LogP contribution in [-0.2, 0) is 10.0 Å². The van der Waals surface area contributed by atoms with E-state index in [2.05, 4.69) is 14.9 Å². The summed E-state index contributed by atoms with van der Waals surface area (Å²) < 4.78 is 32.7. The molecule has 0 atom stereocenters. The molecule has 0 unspecified atom stereocenters. The molecule has 2 aromatic heterocycles. The Morgan fingerprint density at radius 1 is 1.17 bits per heavy atom. The Morgan fingerprint density at radius 2 is 1.92 bits per heavy atom. The van der Waals surface area contributed by atoms with E-state index in [1.165, 1.54) is 18.2 Å². The van der Waals surface area contributed by atoms with E-state index in [-0.39, 0.29) is 15.0 Å². The third-order valence-electron chi connectivity index (χ3n) is 3.10. The van der Waals surface area contributed by atoms with Crippen molar-refractivity contribution in [3.8, 4) is 10.6 Å². The summed E-state index contributed by atoms with van der Waals surface area (Å²) in [5.41, 5.74) is 0.778. The third kappa shape index (κ3) is 3.41. The number of halogens is 2. The lowest BCUT2D eigenvalue weighted by atomic mass is 10.2. The van der Waals surface area contributed by atoms with Gasteiger partial charge in [0.2, 0.25) is 5.13 Å². The molecular weight excluding hydrogens is 393 g/mol. The second-order valence-corrected chi connectivity index (χ2v) is 8.39. The molecule has 3 aromatic rings. The molecule has 24 heavy (non-hydrogen) atoms. The third-order valence-corrected chi connectivity index (χ3v) is 6.16. The molecule has 0 fully saturated rings. The first-order chi connectivity index (χ1) is 11.3. The van der Waals surface area contributed by atoms with Crippen molar-refractivity contribution >= 4 is 49.7 Å². The lowest BCUT2D eigenvalue weighted by molar-refractivity contribution is 0.505. The largest absolute Gasteiger partial charge is 0.466 e. The molecule has 0 aliphatic heterocycles. The van der Waals surface area contributed by atoms with Crippen LogP contribution in [0.5, 0.6) is 0 Å². The molecule has 0 saturated carbocycles. The molecule has 1 N–H and O–H groups in total. The summed E-state index contributed by atoms with van der Waals surface area (Å²) in [6, 6.07) is 5.97. The SMILES string of the molecule is Cc1cc(-c2nnc(NS(=O)(=O)c3ccc(Cl)cc3Cl)s2)c(C)o1. The summed E-state index contributed by atoms with van der Waals surface area (Å²) in [6.07, 6.45) is 0. The molecule has 0 radical (unpaired) electrons. The predicted octanol–water partition coefficient (Wildman–Crippen LogP) is 4.52. The topological polar surface area (TPSA) is 85.1 Å². The normalized spacial score (nSPS) is 11.7. The van der Waals surface area contributed by atoms with E-state index in [0.29, 0.717) is 15.8 Å². The second-order valence-electron chi connectivity index (χ2n) is 4.92. The van der Waals surface area contributed by atoms with Crippen molar-refractivity contribution in [2.45, 2.75) is 18.7 Å². The number of anilines is 1. The zero-order valence-corrected chi connectivity index (χ0v) is 15.6. The van der Waals surface area contributed by atoms with E-state index in [0.717, 1.165) is 22.7 Å². The summed E-state index contributed by atoms with van der Waals surface area (Å²) in [7, 11) is -3.89. The summed E-state index contributed by atoms with van der Waals surface area (Å²) in [4.78, 5) is -0.0827. The number of nitrogens with zero attached hydrogens (tertiary/aromatic N) is 2. The van der Waals surface area contributed by atoms with Crippen molar-refractivity contribution in [1.29, 1.82) is 0 Å². The average molecular weight is 404 g/mol. The van der Waals surface area contributed by atoms with Crippen LogP contribution in [0.2, 0.25) is 10.0 Å². The zero-order chi connectivity index (χ0) is 17.5. The maximum absolute atomic E-state index is 12.4. The van der Waals surface area contributed by atoms with Gasteiger partial charge in [0.15, 0.2) is 5.01 Å². The average Bonchev–Trinajstić information content (AvgIpc) is 3.04. The molecule has 0 bridgehead atoms. The highest BCUT2D eigenvalue weighted by molar-refractivity contribution is 7.93. The van der Waals surface area contributed by atoms with Gasteiger partial charge in [0.1, 0.15) is 16.4 Å². The van der Waals surface area contributed by atoms with Crippen molar-refractivity contribution in [2.75, 3.05) is 4.72 Å². The van der Waals surface area contributed by atoms with E-state index in [1.54, 1.807) is 6.92 Å². The number of hydrogen-bond donors (Lipinski definition) is 1. The van der Waals surface area contributed by atoms with Gasteiger partial charge in [-0.15, -0.1) is 10.2 Å². The Hall–Kier alpha value is -1.61. The first-order valence-corrected chi connectivity index (χ1v) is 9.70. The van der Waals surface area contributed by atoms with Gasteiger partial charge in [-0.1, -0.05) is 34.5 Å². The van der Waals surface area contributed by atoms with Crippen LogP contribution < -0.4 is 4.72 Å². The van der Waals surface area contributed by atoms with Crippen LogP contribution in [-0.4, -0.2) is 18.6 Å². The van der Waals surface area contributed by atoms with Gasteiger partial charge in [0.25, 0.3) is 10.0 Å². The number of aromatic nitrogens is 2. The minimum Gasteiger partial charge on any atom is -0.466 e. The second kappa shape index (κ2) is 6.36. The minimum absolute atomic E-state index is 0.0287. The van der Waals surface area contributed by atoms with Crippen LogP contribution in [0.25, 0.3) is 10.6 Å². The number of nitrogens with one attached hydrogen (secondary N) is 1. The van der Waals surface area contributed by atoms with Gasteiger partial charge in [-0.2, -0.15) is 0 Å². The minimum atomic E-state index is -3.89. The van der Waals surface area contributed by atoms with Crippen molar-refractivity contribution in [1.82, 2.24) is 10.2 Å². The molecule has 0 aliphatic carbocycles. The van der Waals surface area contributed by atoms with Crippen molar-refractivity contribution in [2.24, 2.45) is 0 Å². The standard InChI is InChI=1S/C14H11Cl2N3O3S2/c1-7-5-10(8(2)22-7)13-17-18-14(23-13)19-24(20,21)12-4-3-9(15)6-11(12)16/h3-6H,1-2H3,(H,18,19). The number of benzene rings is 1. The lowest BCUT2D eigenvalue weighted by Crippen LogP contribution is -2.13. The molecule has 126 valence electrons. The lowest BCUT2D eigenvalue weighted by Gasteiger charge is -2.06. The maximum atomic E-state index is 12.4. The van der Waals surface area contributed by atoms with Crippen LogP contribution in [0.15, 0.2) is 33.6 Å². The smallest absolute Gasteiger partial charge is 0.265 e. The van der Waals surface area contributed by atoms with E-state index >= 15 is 0 Å². The number of rotatable bonds is 4. The van der Waals surface area contributed by atoms with Crippen molar-refractivity contribution in [3.05, 3.63) is 45.8 Å². The molecule has 10 heteroatoms. The van der Waals surface area contributed by atoms with Crippen LogP contribution in [0.1, 0.15) is 11.5 Å². The number of furan rings is 1. The van der Waals surface area contributed by atoms with E-state index in [1.807, 2.05) is 13.0 Å². The fourth-order valence-corrected chi connectivity index (χ4v) is 4.89. The van der Waals surface area contributed by atoms with Gasteiger partial charge < -0.3 is 4.42 Å². The highest BCUT2D eigenvalue weighted by Gasteiger charge is 2.21. The highest BCUT2D eigenvalue weighted by Crippen LogP contribution is 2.32. The predicted molar refractivity (Wildman–Crippen MR) is 94.4 cm³/mol. The summed E-state index contributed by atoms with van der Waals surface area (Å²) in [5.74, 6) is 1.44. The Bertz CT molecular complexity index is 1010. The van der Waals surface area contributed by atoms with E-state index < -0.39 is 10.0 Å². The number of aryl methyl sites for hydroxylation is 2. The maximum Gasteiger partial charge on any atom is 0.265 e. The molecule has 2 heterocycles. The van der Waals surface area contributed by atoms with Crippen LogP contribution >= 0.6 is 34.5 Å². The van der Waals surface area contributed by atoms with Gasteiger partial charge in [0, 0.05) is 5.02 Å². The molecule has 1 aromatic carbocycles. The molecule has 0 saturated heterocycles. The fraction of sp³-hybridized carbons (Fsp3) is 0.143. The summed E-state index contributed by atoms with van der Waals surface area (Å²) >= 11 is 12.8. The van der Waals surface area contributed by atoms with Gasteiger partial charge >= 0.3 is 0 Å². The van der Waals surface area contributed by atoms with Gasteiger partial charge in [-0.3, -0.25) is 4.72 Å². The molecule has 0 aliphatic rings. The molecule has 0 spiro atoms. The Kier molecular flexibility index (Phi) is 4.56. The van der Waals surface area contributed by atoms with Crippen molar-refractivity contribution in [3.63, 3.8) is 0 Å². The summed E-state index contributed by atoms with van der Waals surface area (Å²) in [6.45, 7) is 3.63. The van der Waals surface area contributed by atoms with E-state index in [9.17, 15) is 8.42 Å². The van der Waals surface area contributed by atoms with Gasteiger partial charge in [0.05, 0.1) is 10.6 Å². The molecular formula is C14H11Cl2N3O3S2. The fourth-order valence-electron chi connectivity index (χ4n) is 2.08. The molecule has 0 amide bonds. The summed E-state index contributed by atoms with van der Waals surface area (Å²) in [5, 5.41) is 8.94. The molecule has 3 rings (SSSR count). The first kappa shape index (κ1) is 17.2. The Morgan fingerprint density at radius 3 is 2.54 bits per heavy atom. The van der Waals surface area contributed by atoms with Crippen molar-refractivity contribution < 1.29 is 12.8 Å². The zero-order valence-electron chi connectivity index (χ0n) is 12.5. The highest BCUT2D eigenvalue weighted by atomic mass is 35.5. The Balaban J connectivity index is 1.90. The quantitative estimate of drug-likeness (QED) is 0.691. The monoisotopic (exact) mass is 403 g/mol. The van der Waals surface area contributed by atoms with Gasteiger partial charge in [-0.25, -0.2) is 8.42 Å². The van der Waals surface area contributed by atoms with E-state index in [4.69, 9.17) is 27.6 Å². The van der Waals surface area contributed by atoms with Crippen LogP contribution in [0.3, 0.4) is 0 Å². The van der Waals surface area contributed by atoms with Crippen LogP contribution in [0, 0.1) is 13.8 Å². The molecule has 6 nitrogen and oxygen atoms in total. The Labute approximate surface area is 152 Å². The van der Waals surface area contributed by atoms with Gasteiger partial charge in [-0.05, 0) is 38.1 Å². The van der Waals surface area contributed by atoms with Crippen LogP contribution in [0.4, 0.5) is 5.13 Å².